The lowest BCUT2D eigenvalue weighted by molar-refractivity contribution is -0.113. The standard InChI is InChI=1S/C18H17ClFNO2S/c1-2-9-23-14-6-3-5-13(10-14)21-18(22)12-24-11-15-16(19)7-4-8-17(15)20/h2-8,10H,1,9,11-12H2,(H,21,22). The number of thioether (sulfide) groups is 1. The van der Waals surface area contributed by atoms with E-state index < -0.39 is 0 Å². The molecule has 0 aliphatic rings. The molecule has 0 spiro atoms. The molecule has 0 unspecified atom stereocenters. The molecule has 0 radical (unpaired) electrons. The summed E-state index contributed by atoms with van der Waals surface area (Å²) >= 11 is 7.26. The molecule has 0 atom stereocenters. The normalized spacial score (nSPS) is 10.2. The van der Waals surface area contributed by atoms with Gasteiger partial charge in [-0.15, -0.1) is 11.8 Å². The van der Waals surface area contributed by atoms with Gasteiger partial charge in [-0.3, -0.25) is 4.79 Å². The monoisotopic (exact) mass is 365 g/mol. The second-order valence-electron chi connectivity index (χ2n) is 4.87. The van der Waals surface area contributed by atoms with Crippen LogP contribution in [-0.2, 0) is 10.5 Å². The number of hydrogen-bond acceptors (Lipinski definition) is 3. The number of benzene rings is 2. The molecule has 0 aliphatic heterocycles. The van der Waals surface area contributed by atoms with Gasteiger partial charge in [0.25, 0.3) is 0 Å². The predicted octanol–water partition coefficient (Wildman–Crippen LogP) is 4.92. The average Bonchev–Trinajstić information content (AvgIpc) is 2.56. The lowest BCUT2D eigenvalue weighted by Gasteiger charge is -2.09. The summed E-state index contributed by atoms with van der Waals surface area (Å²) in [6.45, 7) is 3.98. The lowest BCUT2D eigenvalue weighted by Crippen LogP contribution is -2.14. The summed E-state index contributed by atoms with van der Waals surface area (Å²) in [6, 6.07) is 11.6. The van der Waals surface area contributed by atoms with E-state index in [1.807, 2.05) is 0 Å². The van der Waals surface area contributed by atoms with Crippen LogP contribution in [0.4, 0.5) is 10.1 Å². The zero-order valence-electron chi connectivity index (χ0n) is 12.9. The quantitative estimate of drug-likeness (QED) is 0.675. The first-order valence-electron chi connectivity index (χ1n) is 7.24. The van der Waals surface area contributed by atoms with E-state index in [1.54, 1.807) is 42.5 Å². The van der Waals surface area contributed by atoms with Gasteiger partial charge < -0.3 is 10.1 Å². The number of carbonyl (C=O) groups is 1. The van der Waals surface area contributed by atoms with Crippen LogP contribution < -0.4 is 10.1 Å². The fourth-order valence-corrected chi connectivity index (χ4v) is 3.10. The molecule has 0 saturated carbocycles. The van der Waals surface area contributed by atoms with Crippen LogP contribution in [0.3, 0.4) is 0 Å². The summed E-state index contributed by atoms with van der Waals surface area (Å²) in [5.41, 5.74) is 1.06. The molecule has 0 aliphatic carbocycles. The Hall–Kier alpha value is -1.98. The Kier molecular flexibility index (Phi) is 7.15. The number of rotatable bonds is 8. The van der Waals surface area contributed by atoms with Crippen LogP contribution in [0.25, 0.3) is 0 Å². The summed E-state index contributed by atoms with van der Waals surface area (Å²) < 4.78 is 19.1. The molecular weight excluding hydrogens is 349 g/mol. The molecule has 0 bridgehead atoms. The minimum atomic E-state index is -0.359. The zero-order valence-corrected chi connectivity index (χ0v) is 14.5. The Bertz CT molecular complexity index is 704. The van der Waals surface area contributed by atoms with Gasteiger partial charge in [0.2, 0.25) is 5.91 Å². The topological polar surface area (TPSA) is 38.3 Å². The van der Waals surface area contributed by atoms with E-state index in [0.29, 0.717) is 34.4 Å². The minimum Gasteiger partial charge on any atom is -0.489 e. The van der Waals surface area contributed by atoms with Crippen molar-refractivity contribution in [2.45, 2.75) is 5.75 Å². The van der Waals surface area contributed by atoms with E-state index in [0.717, 1.165) is 0 Å². The number of carbonyl (C=O) groups excluding carboxylic acids is 1. The van der Waals surface area contributed by atoms with E-state index in [9.17, 15) is 9.18 Å². The summed E-state index contributed by atoms with van der Waals surface area (Å²) in [5, 5.41) is 3.15. The first kappa shape index (κ1) is 18.4. The third kappa shape index (κ3) is 5.58. The lowest BCUT2D eigenvalue weighted by atomic mass is 10.2. The van der Waals surface area contributed by atoms with Crippen LogP contribution in [0.5, 0.6) is 5.75 Å². The predicted molar refractivity (Wildman–Crippen MR) is 98.3 cm³/mol. The second-order valence-corrected chi connectivity index (χ2v) is 6.26. The fourth-order valence-electron chi connectivity index (χ4n) is 1.93. The Morgan fingerprint density at radius 3 is 2.88 bits per heavy atom. The van der Waals surface area contributed by atoms with Crippen LogP contribution in [0, 0.1) is 5.82 Å². The molecule has 6 heteroatoms. The summed E-state index contributed by atoms with van der Waals surface area (Å²) in [5.74, 6) is 0.651. The molecular formula is C18H17ClFNO2S. The first-order valence-corrected chi connectivity index (χ1v) is 8.77. The maximum absolute atomic E-state index is 13.6. The van der Waals surface area contributed by atoms with Crippen molar-refractivity contribution < 1.29 is 13.9 Å². The van der Waals surface area contributed by atoms with E-state index in [4.69, 9.17) is 16.3 Å². The van der Waals surface area contributed by atoms with Gasteiger partial charge in [0.15, 0.2) is 0 Å². The molecule has 126 valence electrons. The molecule has 0 saturated heterocycles. The highest BCUT2D eigenvalue weighted by Crippen LogP contribution is 2.24. The number of anilines is 1. The SMILES string of the molecule is C=CCOc1cccc(NC(=O)CSCc2c(F)cccc2Cl)c1. The number of hydrogen-bond donors (Lipinski definition) is 1. The smallest absolute Gasteiger partial charge is 0.234 e. The van der Waals surface area contributed by atoms with E-state index in [2.05, 4.69) is 11.9 Å². The Labute approximate surface area is 149 Å². The van der Waals surface area contributed by atoms with Crippen molar-refractivity contribution in [1.29, 1.82) is 0 Å². The van der Waals surface area contributed by atoms with Gasteiger partial charge in [-0.1, -0.05) is 36.4 Å². The Balaban J connectivity index is 1.84. The minimum absolute atomic E-state index is 0.173. The largest absolute Gasteiger partial charge is 0.489 e. The number of ether oxygens (including phenoxy) is 1. The van der Waals surface area contributed by atoms with Crippen LogP contribution in [0.2, 0.25) is 5.02 Å². The third-order valence-corrected chi connectivity index (χ3v) is 4.34. The van der Waals surface area contributed by atoms with Crippen molar-refractivity contribution in [3.05, 3.63) is 71.5 Å². The third-order valence-electron chi connectivity index (χ3n) is 3.03. The van der Waals surface area contributed by atoms with Crippen molar-refractivity contribution in [3.8, 4) is 5.75 Å². The van der Waals surface area contributed by atoms with E-state index in [1.165, 1.54) is 17.8 Å². The molecule has 0 fully saturated rings. The first-order chi connectivity index (χ1) is 11.6. The van der Waals surface area contributed by atoms with Crippen molar-refractivity contribution in [3.63, 3.8) is 0 Å². The van der Waals surface area contributed by atoms with Crippen molar-refractivity contribution in [2.75, 3.05) is 17.7 Å². The van der Waals surface area contributed by atoms with Gasteiger partial charge in [0.05, 0.1) is 5.75 Å². The highest BCUT2D eigenvalue weighted by molar-refractivity contribution is 7.99. The van der Waals surface area contributed by atoms with Gasteiger partial charge in [-0.05, 0) is 24.3 Å². The number of amides is 1. The van der Waals surface area contributed by atoms with Crippen LogP contribution >= 0.6 is 23.4 Å². The van der Waals surface area contributed by atoms with Gasteiger partial charge in [-0.25, -0.2) is 4.39 Å². The van der Waals surface area contributed by atoms with Crippen LogP contribution in [-0.4, -0.2) is 18.3 Å². The van der Waals surface area contributed by atoms with Gasteiger partial charge in [-0.2, -0.15) is 0 Å². The molecule has 24 heavy (non-hydrogen) atoms. The maximum Gasteiger partial charge on any atom is 0.234 e. The molecule has 1 N–H and O–H groups in total. The Morgan fingerprint density at radius 2 is 2.12 bits per heavy atom. The second kappa shape index (κ2) is 9.35. The van der Waals surface area contributed by atoms with E-state index >= 15 is 0 Å². The molecule has 2 aromatic carbocycles. The van der Waals surface area contributed by atoms with Crippen molar-refractivity contribution in [2.24, 2.45) is 0 Å². The molecule has 2 rings (SSSR count). The molecule has 1 amide bonds. The molecule has 2 aromatic rings. The molecule has 0 heterocycles. The van der Waals surface area contributed by atoms with Crippen LogP contribution in [0.15, 0.2) is 55.1 Å². The van der Waals surface area contributed by atoms with Crippen molar-refractivity contribution >= 4 is 35.0 Å². The van der Waals surface area contributed by atoms with Gasteiger partial charge in [0.1, 0.15) is 18.2 Å². The summed E-state index contributed by atoms with van der Waals surface area (Å²) in [6.07, 6.45) is 1.65. The zero-order chi connectivity index (χ0) is 17.4. The maximum atomic E-state index is 13.6. The number of halogens is 2. The Morgan fingerprint density at radius 1 is 1.33 bits per heavy atom. The fraction of sp³-hybridized carbons (Fsp3) is 0.167. The summed E-state index contributed by atoms with van der Waals surface area (Å²) in [7, 11) is 0. The van der Waals surface area contributed by atoms with Gasteiger partial charge >= 0.3 is 0 Å². The molecule has 0 aromatic heterocycles. The van der Waals surface area contributed by atoms with Gasteiger partial charge in [0, 0.05) is 28.1 Å². The van der Waals surface area contributed by atoms with E-state index in [-0.39, 0.29) is 17.5 Å². The van der Waals surface area contributed by atoms with Crippen molar-refractivity contribution in [1.82, 2.24) is 0 Å². The summed E-state index contributed by atoms with van der Waals surface area (Å²) in [4.78, 5) is 12.0. The highest BCUT2D eigenvalue weighted by Gasteiger charge is 2.09. The highest BCUT2D eigenvalue weighted by atomic mass is 35.5. The molecule has 3 nitrogen and oxygen atoms in total. The number of nitrogens with one attached hydrogen (secondary N) is 1. The van der Waals surface area contributed by atoms with Crippen LogP contribution in [0.1, 0.15) is 5.56 Å². The average molecular weight is 366 g/mol.